The Labute approximate surface area is 179 Å². The average molecular weight is 403 g/mol. The number of rotatable bonds is 2. The van der Waals surface area contributed by atoms with Crippen LogP contribution in [0.1, 0.15) is 63.8 Å². The zero-order valence-corrected chi connectivity index (χ0v) is 18.6. The fraction of sp³-hybridized carbons (Fsp3) is 0.407. The smallest absolute Gasteiger partial charge is 0.120 e. The van der Waals surface area contributed by atoms with Gasteiger partial charge in [-0.1, -0.05) is 41.9 Å². The molecule has 2 aromatic carbocycles. The summed E-state index contributed by atoms with van der Waals surface area (Å²) in [5.74, 6) is 11.8. The van der Waals surface area contributed by atoms with E-state index in [1.807, 2.05) is 18.2 Å². The van der Waals surface area contributed by atoms with E-state index < -0.39 is 16.8 Å². The van der Waals surface area contributed by atoms with E-state index >= 15 is 0 Å². The summed E-state index contributed by atoms with van der Waals surface area (Å²) in [5.41, 5.74) is 1.44. The van der Waals surface area contributed by atoms with Crippen LogP contribution in [-0.4, -0.2) is 32.1 Å². The van der Waals surface area contributed by atoms with E-state index in [-0.39, 0.29) is 0 Å². The number of hydrogen-bond donors (Lipinski definition) is 3. The molecule has 0 saturated carbocycles. The molecule has 3 heteroatoms. The Kier molecular flexibility index (Phi) is 5.61. The molecule has 0 amide bonds. The third-order valence-electron chi connectivity index (χ3n) is 4.99. The van der Waals surface area contributed by atoms with Crippen molar-refractivity contribution in [3.8, 4) is 23.7 Å². The summed E-state index contributed by atoms with van der Waals surface area (Å²) >= 11 is 0. The van der Waals surface area contributed by atoms with Crippen molar-refractivity contribution in [2.24, 2.45) is 0 Å². The quantitative estimate of drug-likeness (QED) is 0.666. The van der Waals surface area contributed by atoms with Crippen LogP contribution in [0.3, 0.4) is 0 Å². The minimum absolute atomic E-state index is 0.518. The molecule has 0 saturated heterocycles. The van der Waals surface area contributed by atoms with Gasteiger partial charge in [0.05, 0.1) is 5.60 Å². The van der Waals surface area contributed by atoms with Gasteiger partial charge in [-0.25, -0.2) is 0 Å². The molecule has 0 bridgehead atoms. The van der Waals surface area contributed by atoms with E-state index in [2.05, 4.69) is 35.8 Å². The Morgan fingerprint density at radius 1 is 0.800 bits per heavy atom. The summed E-state index contributed by atoms with van der Waals surface area (Å²) in [5, 5.41) is 33.0. The van der Waals surface area contributed by atoms with Crippen LogP contribution in [0.4, 0.5) is 0 Å². The molecule has 0 atom stereocenters. The van der Waals surface area contributed by atoms with Crippen molar-refractivity contribution in [3.05, 3.63) is 52.1 Å². The summed E-state index contributed by atoms with van der Waals surface area (Å²) in [4.78, 5) is 0. The first kappa shape index (κ1) is 22.1. The van der Waals surface area contributed by atoms with Gasteiger partial charge in [-0.15, -0.1) is 0 Å². The van der Waals surface area contributed by atoms with Gasteiger partial charge in [0.25, 0.3) is 0 Å². The van der Waals surface area contributed by atoms with Crippen LogP contribution in [0.2, 0.25) is 0 Å². The highest BCUT2D eigenvalue weighted by atomic mass is 16.3. The Morgan fingerprint density at radius 3 is 1.90 bits per heavy atom. The van der Waals surface area contributed by atoms with Crippen LogP contribution in [0.15, 0.2) is 29.8 Å². The molecule has 0 fully saturated rings. The molecular weight excluding hydrogens is 372 g/mol. The summed E-state index contributed by atoms with van der Waals surface area (Å²) in [6, 6.07) is 8.30. The molecule has 0 unspecified atom stereocenters. The molecule has 0 aliphatic heterocycles. The van der Waals surface area contributed by atoms with Gasteiger partial charge in [0.2, 0.25) is 0 Å². The van der Waals surface area contributed by atoms with Gasteiger partial charge >= 0.3 is 0 Å². The lowest BCUT2D eigenvalue weighted by Gasteiger charge is -2.19. The van der Waals surface area contributed by atoms with Gasteiger partial charge in [0, 0.05) is 16.5 Å². The molecule has 0 heterocycles. The molecule has 1 aliphatic rings. The van der Waals surface area contributed by atoms with Crippen LogP contribution in [-0.2, 0) is 12.8 Å². The Morgan fingerprint density at radius 2 is 1.37 bits per heavy atom. The second-order valence-electron chi connectivity index (χ2n) is 9.57. The fourth-order valence-corrected chi connectivity index (χ4v) is 3.54. The van der Waals surface area contributed by atoms with E-state index in [9.17, 15) is 15.3 Å². The molecule has 3 nitrogen and oxygen atoms in total. The topological polar surface area (TPSA) is 60.7 Å². The first-order valence-electron chi connectivity index (χ1n) is 10.3. The first-order chi connectivity index (χ1) is 13.7. The first-order valence-corrected chi connectivity index (χ1v) is 10.3. The van der Waals surface area contributed by atoms with Crippen LogP contribution in [0.25, 0.3) is 16.8 Å². The molecule has 1 aliphatic carbocycles. The molecular formula is C27H30O3. The minimum Gasteiger partial charge on any atom is -0.385 e. The van der Waals surface area contributed by atoms with Gasteiger partial charge in [-0.2, -0.15) is 0 Å². The Hall–Kier alpha value is -2.56. The maximum absolute atomic E-state index is 10.7. The number of aryl methyl sites for hydroxylation is 2. The maximum Gasteiger partial charge on any atom is 0.120 e. The molecule has 156 valence electrons. The second-order valence-corrected chi connectivity index (χ2v) is 9.57. The Bertz CT molecular complexity index is 1130. The van der Waals surface area contributed by atoms with Crippen LogP contribution in [0.5, 0.6) is 0 Å². The highest BCUT2D eigenvalue weighted by Gasteiger charge is 2.22. The molecule has 0 radical (unpaired) electrons. The predicted octanol–water partition coefficient (Wildman–Crippen LogP) is 3.99. The summed E-state index contributed by atoms with van der Waals surface area (Å²) in [6.45, 7) is 9.94. The third-order valence-corrected chi connectivity index (χ3v) is 4.99. The second kappa shape index (κ2) is 7.60. The lowest BCUT2D eigenvalue weighted by molar-refractivity contribution is 0.125. The van der Waals surface area contributed by atoms with Crippen LogP contribution >= 0.6 is 0 Å². The lowest BCUT2D eigenvalue weighted by Crippen LogP contribution is -2.22. The van der Waals surface area contributed by atoms with Crippen molar-refractivity contribution in [2.45, 2.75) is 71.2 Å². The molecule has 0 aromatic heterocycles. The minimum atomic E-state index is -1.17. The van der Waals surface area contributed by atoms with Gasteiger partial charge in [-0.3, -0.25) is 0 Å². The summed E-state index contributed by atoms with van der Waals surface area (Å²) < 4.78 is 0. The standard InChI is InChI=1S/C27H30O3/c1-25(2,28)15-13-20-10-9-18-7-8-19-11-12-21(24(20)23(18)19)17-22(27(5,6)30)14-16-26(3,4)29/h9-12,17,28-30H,7-8H2,1-6H3/b22-17+. The molecule has 30 heavy (non-hydrogen) atoms. The Balaban J connectivity index is 2.31. The third kappa shape index (κ3) is 5.13. The van der Waals surface area contributed by atoms with Crippen molar-refractivity contribution in [1.82, 2.24) is 0 Å². The highest BCUT2D eigenvalue weighted by molar-refractivity contribution is 6.01. The lowest BCUT2D eigenvalue weighted by atomic mass is 9.90. The maximum atomic E-state index is 10.7. The molecule has 0 spiro atoms. The highest BCUT2D eigenvalue weighted by Crippen LogP contribution is 2.36. The van der Waals surface area contributed by atoms with E-state index in [0.29, 0.717) is 5.57 Å². The molecule has 2 aromatic rings. The van der Waals surface area contributed by atoms with Gasteiger partial charge in [0.1, 0.15) is 11.2 Å². The van der Waals surface area contributed by atoms with E-state index in [1.165, 1.54) is 16.5 Å². The van der Waals surface area contributed by atoms with E-state index in [1.54, 1.807) is 41.5 Å². The fourth-order valence-electron chi connectivity index (χ4n) is 3.54. The van der Waals surface area contributed by atoms with Crippen molar-refractivity contribution < 1.29 is 15.3 Å². The summed E-state index contributed by atoms with van der Waals surface area (Å²) in [7, 11) is 0. The van der Waals surface area contributed by atoms with Crippen molar-refractivity contribution >= 4 is 16.8 Å². The van der Waals surface area contributed by atoms with Gasteiger partial charge in [0.15, 0.2) is 0 Å². The number of hydrogen-bond acceptors (Lipinski definition) is 3. The number of aliphatic hydroxyl groups is 3. The zero-order chi connectivity index (χ0) is 22.3. The van der Waals surface area contributed by atoms with Crippen molar-refractivity contribution in [2.75, 3.05) is 0 Å². The van der Waals surface area contributed by atoms with Crippen molar-refractivity contribution in [1.29, 1.82) is 0 Å². The number of benzene rings is 2. The van der Waals surface area contributed by atoms with Crippen LogP contribution < -0.4 is 0 Å². The van der Waals surface area contributed by atoms with E-state index in [0.717, 1.165) is 29.4 Å². The largest absolute Gasteiger partial charge is 0.385 e. The SMILES string of the molecule is CC(C)(O)C#C/C(=C\c1ccc2c3c(ccc(C#CC(C)(C)O)c13)CC2)C(C)(C)O. The molecule has 3 rings (SSSR count). The van der Waals surface area contributed by atoms with Gasteiger partial charge in [-0.05, 0) is 88.6 Å². The predicted molar refractivity (Wildman–Crippen MR) is 123 cm³/mol. The van der Waals surface area contributed by atoms with Gasteiger partial charge < -0.3 is 15.3 Å². The summed E-state index contributed by atoms with van der Waals surface area (Å²) in [6.07, 6.45) is 3.87. The van der Waals surface area contributed by atoms with Crippen molar-refractivity contribution in [3.63, 3.8) is 0 Å². The normalized spacial score (nSPS) is 14.2. The van der Waals surface area contributed by atoms with Crippen LogP contribution in [0, 0.1) is 23.7 Å². The molecule has 3 N–H and O–H groups in total. The zero-order valence-electron chi connectivity index (χ0n) is 18.6. The van der Waals surface area contributed by atoms with E-state index in [4.69, 9.17) is 0 Å². The monoisotopic (exact) mass is 402 g/mol. The average Bonchev–Trinajstić information content (AvgIpc) is 3.01.